The van der Waals surface area contributed by atoms with Crippen LogP contribution in [0.1, 0.15) is 10.4 Å². The second-order valence-electron chi connectivity index (χ2n) is 6.61. The number of nitrogens with one attached hydrogen (secondary N) is 2. The van der Waals surface area contributed by atoms with E-state index < -0.39 is 15.8 Å². The fraction of sp³-hybridized carbons (Fsp3) is 0.263. The van der Waals surface area contributed by atoms with Gasteiger partial charge in [-0.15, -0.1) is 0 Å². The Labute approximate surface area is 187 Å². The minimum absolute atomic E-state index is 0.0403. The van der Waals surface area contributed by atoms with Crippen LogP contribution in [-0.4, -0.2) is 54.3 Å². The normalized spacial score (nSPS) is 13.2. The molecule has 0 atom stereocenters. The molecule has 1 aliphatic heterocycles. The second-order valence-corrected chi connectivity index (χ2v) is 7.02. The molecule has 1 saturated heterocycles. The fourth-order valence-electron chi connectivity index (χ4n) is 3.13. The Hall–Kier alpha value is -3.84. The molecule has 1 amide bonds. The van der Waals surface area contributed by atoms with Gasteiger partial charge in [-0.05, 0) is 36.5 Å². The third kappa shape index (κ3) is 5.25. The first kappa shape index (κ1) is 22.8. The van der Waals surface area contributed by atoms with Crippen molar-refractivity contribution in [2.24, 2.45) is 0 Å². The predicted octanol–water partition coefficient (Wildman–Crippen LogP) is 2.48. The summed E-state index contributed by atoms with van der Waals surface area (Å²) >= 11 is 5.09. The van der Waals surface area contributed by atoms with Crippen molar-refractivity contribution in [3.05, 3.63) is 62.2 Å². The Bertz CT molecular complexity index is 1070. The smallest absolute Gasteiger partial charge is 0.312 e. The number of carbonyl (C=O) groups is 1. The molecule has 0 saturated carbocycles. The topological polar surface area (TPSA) is 149 Å². The van der Waals surface area contributed by atoms with E-state index in [2.05, 4.69) is 10.6 Å². The highest BCUT2D eigenvalue weighted by atomic mass is 32.1. The van der Waals surface area contributed by atoms with Gasteiger partial charge in [-0.1, -0.05) is 0 Å². The molecule has 0 radical (unpaired) electrons. The highest BCUT2D eigenvalue weighted by molar-refractivity contribution is 7.80. The molecule has 1 heterocycles. The molecule has 0 spiro atoms. The average Bonchev–Trinajstić information content (AvgIpc) is 2.79. The van der Waals surface area contributed by atoms with Crippen molar-refractivity contribution in [3.63, 3.8) is 0 Å². The lowest BCUT2D eigenvalue weighted by molar-refractivity contribution is -0.385. The van der Waals surface area contributed by atoms with Gasteiger partial charge in [0.2, 0.25) is 0 Å². The number of methoxy groups -OCH3 is 1. The first-order valence-corrected chi connectivity index (χ1v) is 9.77. The van der Waals surface area contributed by atoms with Crippen molar-refractivity contribution in [1.82, 2.24) is 5.32 Å². The molecule has 3 rings (SSSR count). The minimum Gasteiger partial charge on any atom is -0.490 e. The molecule has 0 aliphatic carbocycles. The van der Waals surface area contributed by atoms with E-state index in [-0.39, 0.29) is 33.5 Å². The number of anilines is 2. The predicted molar refractivity (Wildman–Crippen MR) is 119 cm³/mol. The van der Waals surface area contributed by atoms with Crippen LogP contribution in [-0.2, 0) is 4.74 Å². The zero-order valence-corrected chi connectivity index (χ0v) is 17.7. The third-order valence-electron chi connectivity index (χ3n) is 4.65. The summed E-state index contributed by atoms with van der Waals surface area (Å²) in [5, 5.41) is 27.6. The number of thiocarbonyl (C=S) groups is 1. The highest BCUT2D eigenvalue weighted by Crippen LogP contribution is 2.31. The lowest BCUT2D eigenvalue weighted by atomic mass is 10.1. The van der Waals surface area contributed by atoms with Gasteiger partial charge in [0, 0.05) is 36.5 Å². The van der Waals surface area contributed by atoms with Gasteiger partial charge in [-0.25, -0.2) is 0 Å². The Balaban J connectivity index is 1.73. The molecule has 13 heteroatoms. The summed E-state index contributed by atoms with van der Waals surface area (Å²) in [4.78, 5) is 35.9. The van der Waals surface area contributed by atoms with Crippen LogP contribution >= 0.6 is 12.2 Å². The summed E-state index contributed by atoms with van der Waals surface area (Å²) in [6.45, 7) is 1.94. The summed E-state index contributed by atoms with van der Waals surface area (Å²) in [5.41, 5.74) is 0.223. The van der Waals surface area contributed by atoms with Gasteiger partial charge in [-0.2, -0.15) is 0 Å². The highest BCUT2D eigenvalue weighted by Gasteiger charge is 2.24. The zero-order chi connectivity index (χ0) is 23.3. The van der Waals surface area contributed by atoms with Crippen molar-refractivity contribution < 1.29 is 24.1 Å². The van der Waals surface area contributed by atoms with Gasteiger partial charge < -0.3 is 19.7 Å². The van der Waals surface area contributed by atoms with E-state index >= 15 is 0 Å². The van der Waals surface area contributed by atoms with Crippen LogP contribution in [0.2, 0.25) is 0 Å². The largest absolute Gasteiger partial charge is 0.490 e. The van der Waals surface area contributed by atoms with E-state index in [0.717, 1.165) is 0 Å². The van der Waals surface area contributed by atoms with Gasteiger partial charge >= 0.3 is 5.69 Å². The molecule has 1 aliphatic rings. The molecule has 0 bridgehead atoms. The lowest BCUT2D eigenvalue weighted by Crippen LogP contribution is -2.37. The maximum absolute atomic E-state index is 12.6. The van der Waals surface area contributed by atoms with E-state index in [4.69, 9.17) is 21.7 Å². The van der Waals surface area contributed by atoms with Crippen LogP contribution in [0.25, 0.3) is 0 Å². The number of morpholine rings is 1. The van der Waals surface area contributed by atoms with Crippen molar-refractivity contribution in [2.45, 2.75) is 0 Å². The quantitative estimate of drug-likeness (QED) is 0.373. The number of hydrogen-bond acceptors (Lipinski definition) is 9. The van der Waals surface area contributed by atoms with Crippen LogP contribution in [0.3, 0.4) is 0 Å². The van der Waals surface area contributed by atoms with Crippen LogP contribution in [0.15, 0.2) is 36.4 Å². The van der Waals surface area contributed by atoms with E-state index in [0.29, 0.717) is 32.0 Å². The summed E-state index contributed by atoms with van der Waals surface area (Å²) in [6.07, 6.45) is 0. The van der Waals surface area contributed by atoms with E-state index in [1.165, 1.54) is 43.5 Å². The van der Waals surface area contributed by atoms with Gasteiger partial charge in [0.15, 0.2) is 10.9 Å². The molecule has 2 aromatic carbocycles. The van der Waals surface area contributed by atoms with E-state index in [1.54, 1.807) is 0 Å². The Morgan fingerprint density at radius 2 is 1.78 bits per heavy atom. The van der Waals surface area contributed by atoms with Crippen molar-refractivity contribution >= 4 is 46.0 Å². The first-order chi connectivity index (χ1) is 15.3. The van der Waals surface area contributed by atoms with Crippen molar-refractivity contribution in [2.75, 3.05) is 43.6 Å². The number of benzene rings is 2. The van der Waals surface area contributed by atoms with Crippen LogP contribution in [0.5, 0.6) is 5.75 Å². The minimum atomic E-state index is -0.665. The first-order valence-electron chi connectivity index (χ1n) is 9.36. The molecule has 1 fully saturated rings. The molecule has 12 nitrogen and oxygen atoms in total. The lowest BCUT2D eigenvalue weighted by Gasteiger charge is -2.28. The van der Waals surface area contributed by atoms with Crippen LogP contribution in [0, 0.1) is 20.2 Å². The Kier molecular flexibility index (Phi) is 7.12. The zero-order valence-electron chi connectivity index (χ0n) is 16.9. The summed E-state index contributed by atoms with van der Waals surface area (Å²) in [6, 6.07) is 8.25. The second kappa shape index (κ2) is 9.98. The van der Waals surface area contributed by atoms with E-state index in [1.807, 2.05) is 4.90 Å². The number of ether oxygens (including phenoxy) is 2. The maximum atomic E-state index is 12.6. The SMILES string of the molecule is COc1ccc(NC(=S)NC(=O)c2ccc(N3CCOCC3)c([N+](=O)[O-])c2)cc1[N+](=O)[O-]. The number of hydrogen-bond donors (Lipinski definition) is 2. The van der Waals surface area contributed by atoms with Gasteiger partial charge in [0.05, 0.1) is 30.2 Å². The number of amides is 1. The molecule has 0 aromatic heterocycles. The third-order valence-corrected chi connectivity index (χ3v) is 4.85. The Morgan fingerprint density at radius 1 is 1.09 bits per heavy atom. The van der Waals surface area contributed by atoms with Gasteiger partial charge in [0.25, 0.3) is 11.6 Å². The van der Waals surface area contributed by atoms with Crippen LogP contribution < -0.4 is 20.3 Å². The number of nitro groups is 2. The van der Waals surface area contributed by atoms with Crippen molar-refractivity contribution in [1.29, 1.82) is 0 Å². The molecule has 2 N–H and O–H groups in total. The number of rotatable bonds is 6. The summed E-state index contributed by atoms with van der Waals surface area (Å²) < 4.78 is 10.2. The van der Waals surface area contributed by atoms with Gasteiger partial charge in [-0.3, -0.25) is 30.3 Å². The number of carbonyl (C=O) groups excluding carboxylic acids is 1. The van der Waals surface area contributed by atoms with E-state index in [9.17, 15) is 25.0 Å². The molecule has 0 unspecified atom stereocenters. The fourth-order valence-corrected chi connectivity index (χ4v) is 3.34. The summed E-state index contributed by atoms with van der Waals surface area (Å²) in [7, 11) is 1.31. The molecular formula is C19H19N5O7S. The maximum Gasteiger partial charge on any atom is 0.312 e. The molecule has 168 valence electrons. The van der Waals surface area contributed by atoms with Crippen molar-refractivity contribution in [3.8, 4) is 5.75 Å². The molecular weight excluding hydrogens is 442 g/mol. The molecule has 2 aromatic rings. The number of nitrogens with zero attached hydrogens (tertiary/aromatic N) is 3. The van der Waals surface area contributed by atoms with Crippen LogP contribution in [0.4, 0.5) is 22.7 Å². The summed E-state index contributed by atoms with van der Waals surface area (Å²) in [5.74, 6) is -0.592. The number of nitro benzene ring substituents is 2. The Morgan fingerprint density at radius 3 is 2.41 bits per heavy atom. The monoisotopic (exact) mass is 461 g/mol. The standard InChI is InChI=1S/C19H19N5O7S/c1-30-17-5-3-13(11-16(17)24(28)29)20-19(32)21-18(25)12-2-4-14(15(10-12)23(26)27)22-6-8-31-9-7-22/h2-5,10-11H,6-9H2,1H3,(H2,20,21,25,32). The van der Waals surface area contributed by atoms with Gasteiger partial charge in [0.1, 0.15) is 5.69 Å². The molecule has 32 heavy (non-hydrogen) atoms. The average molecular weight is 461 g/mol.